The number of nitrogen functional groups attached to an aromatic ring is 1. The lowest BCUT2D eigenvalue weighted by atomic mass is 10.2. The zero-order valence-electron chi connectivity index (χ0n) is 10.1. The summed E-state index contributed by atoms with van der Waals surface area (Å²) in [7, 11) is 0. The summed E-state index contributed by atoms with van der Waals surface area (Å²) in [5.74, 6) is 0.161. The van der Waals surface area contributed by atoms with Crippen molar-refractivity contribution in [3.05, 3.63) is 58.6 Å². The van der Waals surface area contributed by atoms with Crippen molar-refractivity contribution in [2.45, 2.75) is 6.61 Å². The van der Waals surface area contributed by atoms with Gasteiger partial charge in [-0.25, -0.2) is 0 Å². The van der Waals surface area contributed by atoms with Gasteiger partial charge >= 0.3 is 0 Å². The molecule has 0 heterocycles. The number of benzene rings is 2. The minimum absolute atomic E-state index is 0.305. The third kappa shape index (κ3) is 3.39. The number of ether oxygens (including phenoxy) is 1. The summed E-state index contributed by atoms with van der Waals surface area (Å²) in [5, 5.41) is 0.600. The molecule has 0 saturated carbocycles. The molecule has 4 N–H and O–H groups in total. The molecule has 98 valence electrons. The number of nitrogens with two attached hydrogens (primary N) is 2. The van der Waals surface area contributed by atoms with Crippen molar-refractivity contribution >= 4 is 23.2 Å². The zero-order chi connectivity index (χ0) is 13.8. The van der Waals surface area contributed by atoms with Gasteiger partial charge in [-0.1, -0.05) is 11.6 Å². The van der Waals surface area contributed by atoms with E-state index in [1.165, 1.54) is 0 Å². The van der Waals surface area contributed by atoms with E-state index in [4.69, 9.17) is 27.8 Å². The van der Waals surface area contributed by atoms with Crippen LogP contribution in [0.25, 0.3) is 0 Å². The summed E-state index contributed by atoms with van der Waals surface area (Å²) in [6.07, 6.45) is 0. The predicted molar refractivity (Wildman–Crippen MR) is 75.2 cm³/mol. The largest absolute Gasteiger partial charge is 0.489 e. The zero-order valence-corrected chi connectivity index (χ0v) is 10.9. The van der Waals surface area contributed by atoms with E-state index in [9.17, 15) is 4.79 Å². The van der Waals surface area contributed by atoms with E-state index >= 15 is 0 Å². The second kappa shape index (κ2) is 5.63. The molecule has 0 fully saturated rings. The first-order chi connectivity index (χ1) is 9.06. The fourth-order valence-electron chi connectivity index (χ4n) is 1.58. The fraction of sp³-hybridized carbons (Fsp3) is 0.0714. The first-order valence-electron chi connectivity index (χ1n) is 5.63. The third-order valence-electron chi connectivity index (χ3n) is 2.60. The number of hydrogen-bond donors (Lipinski definition) is 2. The molecule has 0 aliphatic rings. The van der Waals surface area contributed by atoms with Gasteiger partial charge < -0.3 is 16.2 Å². The fourth-order valence-corrected chi connectivity index (χ4v) is 1.75. The Morgan fingerprint density at radius 2 is 1.84 bits per heavy atom. The Bertz CT molecular complexity index is 597. The highest BCUT2D eigenvalue weighted by molar-refractivity contribution is 6.31. The van der Waals surface area contributed by atoms with Gasteiger partial charge in [0, 0.05) is 21.8 Å². The normalized spacial score (nSPS) is 10.2. The quantitative estimate of drug-likeness (QED) is 0.843. The summed E-state index contributed by atoms with van der Waals surface area (Å²) in [5.41, 5.74) is 12.7. The lowest BCUT2D eigenvalue weighted by molar-refractivity contribution is 0.100. The van der Waals surface area contributed by atoms with E-state index < -0.39 is 5.91 Å². The highest BCUT2D eigenvalue weighted by Crippen LogP contribution is 2.21. The van der Waals surface area contributed by atoms with Gasteiger partial charge in [0.1, 0.15) is 12.4 Å². The summed E-state index contributed by atoms with van der Waals surface area (Å²) in [6, 6.07) is 11.8. The first-order valence-corrected chi connectivity index (χ1v) is 6.00. The maximum atomic E-state index is 10.9. The molecule has 0 aliphatic carbocycles. The van der Waals surface area contributed by atoms with Gasteiger partial charge in [0.2, 0.25) is 5.91 Å². The van der Waals surface area contributed by atoms with Gasteiger partial charge in [-0.2, -0.15) is 0 Å². The maximum absolute atomic E-state index is 10.9. The van der Waals surface area contributed by atoms with Crippen LogP contribution < -0.4 is 16.2 Å². The van der Waals surface area contributed by atoms with Crippen LogP contribution in [-0.4, -0.2) is 5.91 Å². The molecule has 2 aromatic rings. The molecule has 0 spiro atoms. The van der Waals surface area contributed by atoms with Crippen LogP contribution in [0.3, 0.4) is 0 Å². The predicted octanol–water partition coefficient (Wildman–Crippen LogP) is 2.60. The van der Waals surface area contributed by atoms with Crippen LogP contribution >= 0.6 is 11.6 Å². The van der Waals surface area contributed by atoms with Crippen molar-refractivity contribution < 1.29 is 9.53 Å². The molecule has 19 heavy (non-hydrogen) atoms. The van der Waals surface area contributed by atoms with Gasteiger partial charge in [-0.15, -0.1) is 0 Å². The van der Waals surface area contributed by atoms with E-state index in [0.717, 1.165) is 5.56 Å². The Kier molecular flexibility index (Phi) is 3.92. The number of anilines is 1. The summed E-state index contributed by atoms with van der Waals surface area (Å²) in [6.45, 7) is 0.305. The van der Waals surface area contributed by atoms with Gasteiger partial charge in [0.05, 0.1) is 0 Å². The average molecular weight is 277 g/mol. The highest BCUT2D eigenvalue weighted by Gasteiger charge is 2.04. The highest BCUT2D eigenvalue weighted by atomic mass is 35.5. The minimum Gasteiger partial charge on any atom is -0.489 e. The van der Waals surface area contributed by atoms with E-state index in [0.29, 0.717) is 28.6 Å². The van der Waals surface area contributed by atoms with Crippen LogP contribution in [0.5, 0.6) is 5.75 Å². The molecule has 0 saturated heterocycles. The molecule has 0 unspecified atom stereocenters. The molecule has 0 atom stereocenters. The van der Waals surface area contributed by atoms with Gasteiger partial charge in [-0.05, 0) is 42.5 Å². The molecular formula is C14H13ClN2O2. The molecule has 0 bridgehead atoms. The van der Waals surface area contributed by atoms with Gasteiger partial charge in [-0.3, -0.25) is 4.79 Å². The summed E-state index contributed by atoms with van der Waals surface area (Å²) < 4.78 is 5.57. The van der Waals surface area contributed by atoms with Crippen LogP contribution in [-0.2, 0) is 6.61 Å². The monoisotopic (exact) mass is 276 g/mol. The number of carbonyl (C=O) groups excluding carboxylic acids is 1. The molecule has 0 aliphatic heterocycles. The Morgan fingerprint density at radius 1 is 1.16 bits per heavy atom. The molecule has 0 aromatic heterocycles. The van der Waals surface area contributed by atoms with Crippen LogP contribution in [0.15, 0.2) is 42.5 Å². The van der Waals surface area contributed by atoms with Crippen molar-refractivity contribution in [3.8, 4) is 5.75 Å². The second-order valence-electron chi connectivity index (χ2n) is 4.03. The number of rotatable bonds is 4. The van der Waals surface area contributed by atoms with E-state index in [-0.39, 0.29) is 0 Å². The van der Waals surface area contributed by atoms with Gasteiger partial charge in [0.15, 0.2) is 0 Å². The van der Waals surface area contributed by atoms with Crippen molar-refractivity contribution in [2.75, 3.05) is 5.73 Å². The van der Waals surface area contributed by atoms with E-state index in [1.54, 1.807) is 42.5 Å². The lowest BCUT2D eigenvalue weighted by Crippen LogP contribution is -2.10. The Morgan fingerprint density at radius 3 is 2.47 bits per heavy atom. The number of carbonyl (C=O) groups is 1. The van der Waals surface area contributed by atoms with Crippen LogP contribution in [0.2, 0.25) is 5.02 Å². The van der Waals surface area contributed by atoms with Crippen molar-refractivity contribution in [1.29, 1.82) is 0 Å². The van der Waals surface area contributed by atoms with Crippen LogP contribution in [0.1, 0.15) is 15.9 Å². The number of hydrogen-bond acceptors (Lipinski definition) is 3. The Balaban J connectivity index is 2.06. The van der Waals surface area contributed by atoms with Crippen molar-refractivity contribution in [1.82, 2.24) is 0 Å². The SMILES string of the molecule is NC(=O)c1ccc(OCc2cc(N)ccc2Cl)cc1. The molecule has 0 radical (unpaired) electrons. The average Bonchev–Trinajstić information content (AvgIpc) is 2.40. The maximum Gasteiger partial charge on any atom is 0.248 e. The Labute approximate surface area is 115 Å². The molecule has 4 nitrogen and oxygen atoms in total. The van der Waals surface area contributed by atoms with Gasteiger partial charge in [0.25, 0.3) is 0 Å². The smallest absolute Gasteiger partial charge is 0.248 e. The second-order valence-corrected chi connectivity index (χ2v) is 4.44. The van der Waals surface area contributed by atoms with Crippen LogP contribution in [0, 0.1) is 0 Å². The number of primary amides is 1. The molecule has 1 amide bonds. The Hall–Kier alpha value is -2.20. The minimum atomic E-state index is -0.467. The van der Waals surface area contributed by atoms with Crippen molar-refractivity contribution in [2.24, 2.45) is 5.73 Å². The van der Waals surface area contributed by atoms with Crippen LogP contribution in [0.4, 0.5) is 5.69 Å². The molecule has 5 heteroatoms. The first kappa shape index (κ1) is 13.2. The topological polar surface area (TPSA) is 78.3 Å². The number of halogens is 1. The molecule has 2 rings (SSSR count). The van der Waals surface area contributed by atoms with E-state index in [2.05, 4.69) is 0 Å². The lowest BCUT2D eigenvalue weighted by Gasteiger charge is -2.08. The van der Waals surface area contributed by atoms with E-state index in [1.807, 2.05) is 0 Å². The summed E-state index contributed by atoms with van der Waals surface area (Å²) >= 11 is 6.03. The molecular weight excluding hydrogens is 264 g/mol. The summed E-state index contributed by atoms with van der Waals surface area (Å²) in [4.78, 5) is 10.9. The molecule has 2 aromatic carbocycles. The van der Waals surface area contributed by atoms with Crippen molar-refractivity contribution in [3.63, 3.8) is 0 Å². The third-order valence-corrected chi connectivity index (χ3v) is 2.97. The standard InChI is InChI=1S/C14H13ClN2O2/c15-13-6-3-11(16)7-10(13)8-19-12-4-1-9(2-5-12)14(17)18/h1-7H,8,16H2,(H2,17,18). The number of amides is 1.